The molecule has 1 aromatic rings. The molecule has 6 amide bonds. The van der Waals surface area contributed by atoms with Gasteiger partial charge in [-0.2, -0.15) is 0 Å². The van der Waals surface area contributed by atoms with Gasteiger partial charge in [0.15, 0.2) is 0 Å². The Morgan fingerprint density at radius 1 is 0.750 bits per heavy atom. The molecule has 0 aliphatic heterocycles. The van der Waals surface area contributed by atoms with E-state index in [1.54, 1.807) is 30.3 Å². The maximum absolute atomic E-state index is 12.6. The van der Waals surface area contributed by atoms with Crippen LogP contribution in [0.2, 0.25) is 0 Å². The summed E-state index contributed by atoms with van der Waals surface area (Å²) in [4.78, 5) is 73.5. The lowest BCUT2D eigenvalue weighted by Crippen LogP contribution is -2.59. The van der Waals surface area contributed by atoms with E-state index in [0.717, 1.165) is 0 Å². The number of carbonyl (C=O) groups excluding carboxylic acids is 6. The van der Waals surface area contributed by atoms with Gasteiger partial charge in [0.25, 0.3) is 0 Å². The van der Waals surface area contributed by atoms with Gasteiger partial charge >= 0.3 is 0 Å². The predicted octanol–water partition coefficient (Wildman–Crippen LogP) is -6.96. The van der Waals surface area contributed by atoms with Crippen LogP contribution in [0.1, 0.15) is 12.5 Å². The minimum absolute atomic E-state index is 0.00488. The molecule has 0 heterocycles. The monoisotopic (exact) mass is 626 g/mol. The van der Waals surface area contributed by atoms with E-state index in [1.807, 2.05) is 0 Å². The van der Waals surface area contributed by atoms with Crippen molar-refractivity contribution in [1.29, 1.82) is 0 Å². The highest BCUT2D eigenvalue weighted by molar-refractivity contribution is 5.94. The molecule has 44 heavy (non-hydrogen) atoms. The number of benzene rings is 1. The van der Waals surface area contributed by atoms with Crippen molar-refractivity contribution < 1.29 is 49.2 Å². The SMILES string of the molecule is CC(O)C(NCCNC(=O)C(N)CO)C(=O)NC(CO)C(=O)NCC(=O)NC(CO)C(=O)NC(Cc1ccccc1)C(N)=O. The third-order valence-electron chi connectivity index (χ3n) is 6.10. The smallest absolute Gasteiger partial charge is 0.245 e. The summed E-state index contributed by atoms with van der Waals surface area (Å²) < 4.78 is 0. The highest BCUT2D eigenvalue weighted by atomic mass is 16.3. The molecule has 0 aromatic heterocycles. The molecule has 14 N–H and O–H groups in total. The van der Waals surface area contributed by atoms with Crippen LogP contribution in [0.25, 0.3) is 0 Å². The summed E-state index contributed by atoms with van der Waals surface area (Å²) in [6, 6.07) is 2.13. The largest absolute Gasteiger partial charge is 0.394 e. The Labute approximate surface area is 253 Å². The number of carbonyl (C=O) groups is 6. The molecule has 0 spiro atoms. The summed E-state index contributed by atoms with van der Waals surface area (Å²) in [5.41, 5.74) is 11.5. The lowest BCUT2D eigenvalue weighted by molar-refractivity contribution is -0.134. The van der Waals surface area contributed by atoms with Gasteiger partial charge in [0.2, 0.25) is 35.4 Å². The third-order valence-corrected chi connectivity index (χ3v) is 6.10. The molecule has 1 rings (SSSR count). The Bertz CT molecular complexity index is 1110. The lowest BCUT2D eigenvalue weighted by atomic mass is 10.1. The number of amides is 6. The topological polar surface area (TPSA) is 308 Å². The number of rotatable bonds is 20. The van der Waals surface area contributed by atoms with E-state index in [0.29, 0.717) is 5.56 Å². The molecule has 0 saturated heterocycles. The van der Waals surface area contributed by atoms with Gasteiger partial charge < -0.3 is 63.8 Å². The summed E-state index contributed by atoms with van der Waals surface area (Å²) in [5, 5.41) is 52.1. The van der Waals surface area contributed by atoms with Crippen molar-refractivity contribution in [3.8, 4) is 0 Å². The normalized spacial score (nSPS) is 15.0. The Kier molecular flexibility index (Phi) is 17.1. The number of hydrogen-bond acceptors (Lipinski definition) is 12. The Hall–Kier alpha value is -4.20. The number of nitrogens with one attached hydrogen (secondary N) is 6. The van der Waals surface area contributed by atoms with E-state index in [-0.39, 0.29) is 19.5 Å². The fourth-order valence-electron chi connectivity index (χ4n) is 3.64. The van der Waals surface area contributed by atoms with Gasteiger partial charge in [-0.25, -0.2) is 0 Å². The minimum atomic E-state index is -1.54. The zero-order valence-corrected chi connectivity index (χ0v) is 24.2. The Morgan fingerprint density at radius 2 is 1.34 bits per heavy atom. The van der Waals surface area contributed by atoms with Crippen LogP contribution in [-0.2, 0) is 35.2 Å². The Morgan fingerprint density at radius 3 is 1.89 bits per heavy atom. The van der Waals surface area contributed by atoms with Crippen molar-refractivity contribution >= 4 is 35.4 Å². The molecule has 1 aromatic carbocycles. The predicted molar refractivity (Wildman–Crippen MR) is 154 cm³/mol. The number of hydrogen-bond donors (Lipinski definition) is 12. The van der Waals surface area contributed by atoms with Crippen molar-refractivity contribution in [2.24, 2.45) is 11.5 Å². The molecule has 18 heteroatoms. The van der Waals surface area contributed by atoms with Gasteiger partial charge in [-0.15, -0.1) is 0 Å². The second-order valence-corrected chi connectivity index (χ2v) is 9.67. The highest BCUT2D eigenvalue weighted by Gasteiger charge is 2.29. The molecule has 6 atom stereocenters. The van der Waals surface area contributed by atoms with E-state index in [1.165, 1.54) is 6.92 Å². The van der Waals surface area contributed by atoms with Crippen LogP contribution in [0.3, 0.4) is 0 Å². The molecule has 0 radical (unpaired) electrons. The first kappa shape index (κ1) is 37.8. The van der Waals surface area contributed by atoms with E-state index in [2.05, 4.69) is 31.9 Å². The van der Waals surface area contributed by atoms with E-state index in [4.69, 9.17) is 16.6 Å². The summed E-state index contributed by atoms with van der Waals surface area (Å²) in [5.74, 6) is -5.14. The van der Waals surface area contributed by atoms with Crippen LogP contribution >= 0.6 is 0 Å². The van der Waals surface area contributed by atoms with Crippen LogP contribution in [0, 0.1) is 0 Å². The van der Waals surface area contributed by atoms with Crippen LogP contribution in [-0.4, -0.2) is 132 Å². The third kappa shape index (κ3) is 13.4. The average Bonchev–Trinajstić information content (AvgIpc) is 3.00. The summed E-state index contributed by atoms with van der Waals surface area (Å²) >= 11 is 0. The molecule has 6 unspecified atom stereocenters. The minimum Gasteiger partial charge on any atom is -0.394 e. The molecule has 0 fully saturated rings. The second-order valence-electron chi connectivity index (χ2n) is 9.67. The molecule has 18 nitrogen and oxygen atoms in total. The van der Waals surface area contributed by atoms with Gasteiger partial charge in [-0.1, -0.05) is 30.3 Å². The highest BCUT2D eigenvalue weighted by Crippen LogP contribution is 2.03. The first-order valence-corrected chi connectivity index (χ1v) is 13.6. The van der Waals surface area contributed by atoms with E-state index >= 15 is 0 Å². The molecule has 0 bridgehead atoms. The van der Waals surface area contributed by atoms with Gasteiger partial charge in [0.1, 0.15) is 30.2 Å². The Balaban J connectivity index is 2.63. The van der Waals surface area contributed by atoms with Crippen LogP contribution in [0.5, 0.6) is 0 Å². The van der Waals surface area contributed by atoms with Crippen molar-refractivity contribution in [3.63, 3.8) is 0 Å². The van der Waals surface area contributed by atoms with Crippen LogP contribution in [0.15, 0.2) is 30.3 Å². The number of nitrogens with two attached hydrogens (primary N) is 2. The van der Waals surface area contributed by atoms with Crippen molar-refractivity contribution in [2.75, 3.05) is 39.5 Å². The maximum atomic E-state index is 12.6. The molecular weight excluding hydrogens is 584 g/mol. The molecule has 0 aliphatic carbocycles. The zero-order chi connectivity index (χ0) is 33.2. The number of aliphatic hydroxyl groups is 4. The van der Waals surface area contributed by atoms with E-state index < -0.39 is 98.1 Å². The summed E-state index contributed by atoms with van der Waals surface area (Å²) in [6.07, 6.45) is -1.19. The lowest BCUT2D eigenvalue weighted by Gasteiger charge is -2.24. The van der Waals surface area contributed by atoms with Crippen LogP contribution in [0.4, 0.5) is 0 Å². The van der Waals surface area contributed by atoms with Gasteiger partial charge in [-0.05, 0) is 12.5 Å². The number of primary amides is 1. The van der Waals surface area contributed by atoms with Gasteiger partial charge in [0.05, 0.1) is 32.5 Å². The molecule has 0 saturated carbocycles. The quantitative estimate of drug-likeness (QED) is 0.0601. The van der Waals surface area contributed by atoms with Crippen molar-refractivity contribution in [2.45, 2.75) is 49.7 Å². The molecule has 246 valence electrons. The van der Waals surface area contributed by atoms with Crippen molar-refractivity contribution in [3.05, 3.63) is 35.9 Å². The average molecular weight is 627 g/mol. The molecular formula is C26H42N8O10. The fraction of sp³-hybridized carbons (Fsp3) is 0.538. The second kappa shape index (κ2) is 19.9. The maximum Gasteiger partial charge on any atom is 0.245 e. The summed E-state index contributed by atoms with van der Waals surface area (Å²) in [7, 11) is 0. The summed E-state index contributed by atoms with van der Waals surface area (Å²) in [6.45, 7) is -1.72. The zero-order valence-electron chi connectivity index (χ0n) is 24.2. The van der Waals surface area contributed by atoms with Gasteiger partial charge in [-0.3, -0.25) is 28.8 Å². The number of aliphatic hydroxyl groups excluding tert-OH is 4. The first-order chi connectivity index (χ1) is 20.8. The first-order valence-electron chi connectivity index (χ1n) is 13.6. The fourth-order valence-corrected chi connectivity index (χ4v) is 3.64. The van der Waals surface area contributed by atoms with Crippen LogP contribution < -0.4 is 43.4 Å². The van der Waals surface area contributed by atoms with E-state index in [9.17, 15) is 44.1 Å². The molecule has 0 aliphatic rings. The standard InChI is InChI=1S/C26H42N8O10/c1-14(38)21(29-7-8-30-23(41)16(27)11-35)26(44)34-18(12-36)24(42)31-10-20(39)32-19(13-37)25(43)33-17(22(28)40)9-15-5-3-2-4-6-15/h2-6,14,16-19,21,29,35-38H,7-13,27H2,1H3,(H2,28,40)(H,30,41)(H,31,42)(H,32,39)(H,33,43)(H,34,44). The van der Waals surface area contributed by atoms with Crippen molar-refractivity contribution in [1.82, 2.24) is 31.9 Å². The van der Waals surface area contributed by atoms with Gasteiger partial charge in [0, 0.05) is 19.5 Å².